The van der Waals surface area contributed by atoms with Gasteiger partial charge in [0.15, 0.2) is 5.75 Å². The van der Waals surface area contributed by atoms with Crippen molar-refractivity contribution in [3.8, 4) is 11.5 Å². The van der Waals surface area contributed by atoms with E-state index in [1.165, 1.54) is 26.4 Å². The van der Waals surface area contributed by atoms with Crippen molar-refractivity contribution in [2.24, 2.45) is 0 Å². The number of benzene rings is 3. The quantitative estimate of drug-likeness (QED) is 0.196. The molecule has 1 fully saturated rings. The second kappa shape index (κ2) is 13.5. The first-order valence-electron chi connectivity index (χ1n) is 13.3. The SMILES string of the molecule is COC(=O)c1ccc(OC[C@@H]2CCCN2C(=O)Cc2ccc(NC(=O)Nc3ccccc3C)c(OC)c2)c([N+](=O)[O-])c1. The molecule has 0 aromatic heterocycles. The number of hydrogen-bond acceptors (Lipinski definition) is 8. The first-order valence-corrected chi connectivity index (χ1v) is 13.3. The molecule has 220 valence electrons. The number of methoxy groups -OCH3 is 2. The van der Waals surface area contributed by atoms with E-state index in [-0.39, 0.29) is 42.0 Å². The number of hydrogen-bond donors (Lipinski definition) is 2. The summed E-state index contributed by atoms with van der Waals surface area (Å²) in [5.41, 5.74) is 2.44. The third-order valence-corrected chi connectivity index (χ3v) is 6.97. The zero-order valence-electron chi connectivity index (χ0n) is 23.5. The minimum Gasteiger partial charge on any atom is -0.495 e. The standard InChI is InChI=1S/C30H32N4O8/c1-19-7-4-5-9-23(19)31-30(37)32-24-12-10-20(15-27(24)40-2)16-28(35)33-14-6-8-22(33)18-42-26-13-11-21(29(36)41-3)17-25(26)34(38)39/h4-5,7,9-13,15,17,22H,6,8,14,16,18H2,1-3H3,(H2,31,32,37)/t22-/m0/s1. The number of aryl methyl sites for hydroxylation is 1. The lowest BCUT2D eigenvalue weighted by atomic mass is 10.1. The van der Waals surface area contributed by atoms with Gasteiger partial charge < -0.3 is 29.7 Å². The Morgan fingerprint density at radius 2 is 1.76 bits per heavy atom. The zero-order valence-corrected chi connectivity index (χ0v) is 23.5. The van der Waals surface area contributed by atoms with Crippen LogP contribution in [0.2, 0.25) is 0 Å². The van der Waals surface area contributed by atoms with Crippen LogP contribution in [0.3, 0.4) is 0 Å². The van der Waals surface area contributed by atoms with Gasteiger partial charge in [0.2, 0.25) is 5.91 Å². The molecule has 1 atom stereocenters. The highest BCUT2D eigenvalue weighted by molar-refractivity contribution is 6.01. The number of nitrogens with zero attached hydrogens (tertiary/aromatic N) is 2. The molecule has 1 aliphatic rings. The number of likely N-dealkylation sites (tertiary alicyclic amines) is 1. The Hall–Kier alpha value is -5.13. The van der Waals surface area contributed by atoms with E-state index in [0.29, 0.717) is 35.7 Å². The number of nitrogens with one attached hydrogen (secondary N) is 2. The van der Waals surface area contributed by atoms with Crippen molar-refractivity contribution >= 4 is 35.0 Å². The Kier molecular flexibility index (Phi) is 9.58. The summed E-state index contributed by atoms with van der Waals surface area (Å²) in [6, 6.07) is 15.7. The Morgan fingerprint density at radius 3 is 2.48 bits per heavy atom. The van der Waals surface area contributed by atoms with Crippen LogP contribution in [-0.2, 0) is 16.0 Å². The van der Waals surface area contributed by atoms with Crippen LogP contribution in [0.5, 0.6) is 11.5 Å². The van der Waals surface area contributed by atoms with Crippen molar-refractivity contribution in [2.45, 2.75) is 32.2 Å². The summed E-state index contributed by atoms with van der Waals surface area (Å²) in [6.07, 6.45) is 1.55. The average molecular weight is 577 g/mol. The normalized spacial score (nSPS) is 14.2. The number of esters is 1. The van der Waals surface area contributed by atoms with E-state index >= 15 is 0 Å². The number of para-hydroxylation sites is 1. The molecule has 12 nitrogen and oxygen atoms in total. The predicted octanol–water partition coefficient (Wildman–Crippen LogP) is 4.95. The maximum absolute atomic E-state index is 13.3. The fourth-order valence-corrected chi connectivity index (χ4v) is 4.76. The van der Waals surface area contributed by atoms with Gasteiger partial charge in [0.1, 0.15) is 12.4 Å². The van der Waals surface area contributed by atoms with Crippen LogP contribution in [0.25, 0.3) is 0 Å². The average Bonchev–Trinajstić information content (AvgIpc) is 3.46. The third-order valence-electron chi connectivity index (χ3n) is 6.97. The second-order valence-corrected chi connectivity index (χ2v) is 9.73. The number of ether oxygens (including phenoxy) is 3. The minimum atomic E-state index is -0.691. The van der Waals surface area contributed by atoms with Gasteiger partial charge in [0.25, 0.3) is 0 Å². The molecule has 0 bridgehead atoms. The fourth-order valence-electron chi connectivity index (χ4n) is 4.76. The summed E-state index contributed by atoms with van der Waals surface area (Å²) in [5.74, 6) is -0.407. The lowest BCUT2D eigenvalue weighted by molar-refractivity contribution is -0.385. The minimum absolute atomic E-state index is 0.00578. The molecule has 12 heteroatoms. The molecule has 42 heavy (non-hydrogen) atoms. The highest BCUT2D eigenvalue weighted by atomic mass is 16.6. The van der Waals surface area contributed by atoms with Crippen LogP contribution < -0.4 is 20.1 Å². The molecule has 0 aliphatic carbocycles. The molecule has 1 saturated heterocycles. The predicted molar refractivity (Wildman–Crippen MR) is 155 cm³/mol. The number of urea groups is 1. The largest absolute Gasteiger partial charge is 0.495 e. The number of carbonyl (C=O) groups excluding carboxylic acids is 3. The van der Waals surface area contributed by atoms with Gasteiger partial charge in [0.05, 0.1) is 42.9 Å². The molecular weight excluding hydrogens is 544 g/mol. The molecule has 1 aliphatic heterocycles. The van der Waals surface area contributed by atoms with E-state index in [9.17, 15) is 24.5 Å². The molecule has 3 aromatic rings. The van der Waals surface area contributed by atoms with E-state index in [1.807, 2.05) is 25.1 Å². The fraction of sp³-hybridized carbons (Fsp3) is 0.300. The van der Waals surface area contributed by atoms with E-state index in [0.717, 1.165) is 18.1 Å². The number of rotatable bonds is 10. The van der Waals surface area contributed by atoms with Crippen LogP contribution >= 0.6 is 0 Å². The lowest BCUT2D eigenvalue weighted by Crippen LogP contribution is -2.40. The van der Waals surface area contributed by atoms with Gasteiger partial charge in [-0.25, -0.2) is 9.59 Å². The Balaban J connectivity index is 1.38. The van der Waals surface area contributed by atoms with Crippen LogP contribution in [0, 0.1) is 17.0 Å². The number of nitro groups is 1. The molecule has 0 radical (unpaired) electrons. The van der Waals surface area contributed by atoms with E-state index < -0.39 is 16.9 Å². The molecule has 4 rings (SSSR count). The molecule has 3 amide bonds. The molecule has 2 N–H and O–H groups in total. The maximum atomic E-state index is 13.3. The van der Waals surface area contributed by atoms with Crippen molar-refractivity contribution in [1.29, 1.82) is 0 Å². The summed E-state index contributed by atoms with van der Waals surface area (Å²) in [4.78, 5) is 50.2. The molecule has 3 aromatic carbocycles. The maximum Gasteiger partial charge on any atom is 0.338 e. The van der Waals surface area contributed by atoms with Crippen molar-refractivity contribution in [1.82, 2.24) is 4.90 Å². The highest BCUT2D eigenvalue weighted by Gasteiger charge is 2.30. The van der Waals surface area contributed by atoms with E-state index in [4.69, 9.17) is 9.47 Å². The Morgan fingerprint density at radius 1 is 1.00 bits per heavy atom. The molecule has 0 spiro atoms. The van der Waals surface area contributed by atoms with Gasteiger partial charge in [-0.3, -0.25) is 14.9 Å². The number of anilines is 2. The first-order chi connectivity index (χ1) is 20.2. The molecule has 0 unspecified atom stereocenters. The zero-order chi connectivity index (χ0) is 30.2. The monoisotopic (exact) mass is 576 g/mol. The van der Waals surface area contributed by atoms with Crippen LogP contribution in [0.15, 0.2) is 60.7 Å². The summed E-state index contributed by atoms with van der Waals surface area (Å²) in [5, 5.41) is 17.1. The number of nitro benzene ring substituents is 1. The van der Waals surface area contributed by atoms with Gasteiger partial charge in [0, 0.05) is 18.3 Å². The molecule has 1 heterocycles. The Bertz CT molecular complexity index is 1490. The van der Waals surface area contributed by atoms with Gasteiger partial charge >= 0.3 is 17.7 Å². The summed E-state index contributed by atoms with van der Waals surface area (Å²) in [7, 11) is 2.67. The summed E-state index contributed by atoms with van der Waals surface area (Å²) >= 11 is 0. The van der Waals surface area contributed by atoms with Crippen LogP contribution in [0.4, 0.5) is 21.9 Å². The highest BCUT2D eigenvalue weighted by Crippen LogP contribution is 2.30. The van der Waals surface area contributed by atoms with Gasteiger partial charge in [-0.1, -0.05) is 24.3 Å². The van der Waals surface area contributed by atoms with Gasteiger partial charge in [-0.05, 0) is 61.2 Å². The first kappa shape index (κ1) is 29.8. The van der Waals surface area contributed by atoms with E-state index in [2.05, 4.69) is 15.4 Å². The van der Waals surface area contributed by atoms with Gasteiger partial charge in [-0.15, -0.1) is 0 Å². The molecular formula is C30H32N4O8. The summed E-state index contributed by atoms with van der Waals surface area (Å²) < 4.78 is 15.9. The van der Waals surface area contributed by atoms with Crippen molar-refractivity contribution in [2.75, 3.05) is 38.0 Å². The topological polar surface area (TPSA) is 149 Å². The van der Waals surface area contributed by atoms with Crippen LogP contribution in [-0.4, -0.2) is 61.1 Å². The van der Waals surface area contributed by atoms with Gasteiger partial charge in [-0.2, -0.15) is 0 Å². The number of amides is 3. The lowest BCUT2D eigenvalue weighted by Gasteiger charge is -2.25. The second-order valence-electron chi connectivity index (χ2n) is 9.73. The van der Waals surface area contributed by atoms with E-state index in [1.54, 1.807) is 29.2 Å². The third kappa shape index (κ3) is 7.14. The number of carbonyl (C=O) groups is 3. The van der Waals surface area contributed by atoms with Crippen molar-refractivity contribution in [3.63, 3.8) is 0 Å². The Labute approximate surface area is 242 Å². The summed E-state index contributed by atoms with van der Waals surface area (Å²) in [6.45, 7) is 2.49. The van der Waals surface area contributed by atoms with Crippen molar-refractivity contribution < 1.29 is 33.5 Å². The van der Waals surface area contributed by atoms with Crippen molar-refractivity contribution in [3.05, 3.63) is 87.5 Å². The smallest absolute Gasteiger partial charge is 0.338 e. The van der Waals surface area contributed by atoms with Crippen LogP contribution in [0.1, 0.15) is 34.3 Å². The molecule has 0 saturated carbocycles.